The van der Waals surface area contributed by atoms with E-state index in [0.29, 0.717) is 5.56 Å². The quantitative estimate of drug-likeness (QED) is 0.898. The number of carboxylic acid groups (broad SMARTS) is 1. The molecule has 2 aromatic rings. The molecule has 5 heteroatoms. The van der Waals surface area contributed by atoms with Crippen LogP contribution in [-0.4, -0.2) is 24.7 Å². The molecule has 0 unspecified atom stereocenters. The average Bonchev–Trinajstić information content (AvgIpc) is 2.88. The zero-order valence-corrected chi connectivity index (χ0v) is 12.9. The predicted octanol–water partition coefficient (Wildman–Crippen LogP) is 3.89. The van der Waals surface area contributed by atoms with Crippen LogP contribution < -0.4 is 4.90 Å². The summed E-state index contributed by atoms with van der Waals surface area (Å²) in [5, 5.41) is 11.3. The zero-order valence-electron chi connectivity index (χ0n) is 10.5. The van der Waals surface area contributed by atoms with Gasteiger partial charge in [-0.3, -0.25) is 0 Å². The third kappa shape index (κ3) is 3.58. The van der Waals surface area contributed by atoms with E-state index in [0.717, 1.165) is 23.1 Å². The fourth-order valence-electron chi connectivity index (χ4n) is 1.87. The number of hydrogen-bond donors (Lipinski definition) is 1. The minimum absolute atomic E-state index is 0.322. The number of halogens is 1. The van der Waals surface area contributed by atoms with E-state index in [-0.39, 0.29) is 0 Å². The van der Waals surface area contributed by atoms with Crippen LogP contribution in [0.3, 0.4) is 0 Å². The summed E-state index contributed by atoms with van der Waals surface area (Å²) in [4.78, 5) is 14.6. The van der Waals surface area contributed by atoms with E-state index in [1.165, 1.54) is 4.88 Å². The van der Waals surface area contributed by atoms with Crippen molar-refractivity contribution in [2.24, 2.45) is 0 Å². The van der Waals surface area contributed by atoms with Crippen molar-refractivity contribution < 1.29 is 9.90 Å². The van der Waals surface area contributed by atoms with Crippen LogP contribution in [0.1, 0.15) is 15.2 Å². The van der Waals surface area contributed by atoms with E-state index in [4.69, 9.17) is 0 Å². The van der Waals surface area contributed by atoms with Gasteiger partial charge in [-0.15, -0.1) is 11.3 Å². The third-order valence-corrected chi connectivity index (χ3v) is 4.30. The largest absolute Gasteiger partial charge is 0.478 e. The molecule has 0 aliphatic carbocycles. The van der Waals surface area contributed by atoms with E-state index in [2.05, 4.69) is 27.4 Å². The summed E-state index contributed by atoms with van der Waals surface area (Å²) < 4.78 is 0.778. The summed E-state index contributed by atoms with van der Waals surface area (Å²) >= 11 is 5.03. The Morgan fingerprint density at radius 2 is 2.21 bits per heavy atom. The number of benzene rings is 1. The normalized spacial score (nSPS) is 10.4. The SMILES string of the molecule is CN(CCc1cccs1)c1ccc(Br)cc1C(=O)O. The van der Waals surface area contributed by atoms with Crippen LogP contribution in [0, 0.1) is 0 Å². The molecule has 3 nitrogen and oxygen atoms in total. The van der Waals surface area contributed by atoms with Crippen molar-refractivity contribution in [2.45, 2.75) is 6.42 Å². The van der Waals surface area contributed by atoms with Crippen LogP contribution in [0.5, 0.6) is 0 Å². The van der Waals surface area contributed by atoms with Gasteiger partial charge < -0.3 is 10.0 Å². The molecule has 2 rings (SSSR count). The first-order valence-electron chi connectivity index (χ1n) is 5.84. The van der Waals surface area contributed by atoms with Crippen LogP contribution in [0.15, 0.2) is 40.2 Å². The van der Waals surface area contributed by atoms with Crippen molar-refractivity contribution in [3.8, 4) is 0 Å². The second-order valence-corrected chi connectivity index (χ2v) is 6.17. The Hall–Kier alpha value is -1.33. The topological polar surface area (TPSA) is 40.5 Å². The lowest BCUT2D eigenvalue weighted by Crippen LogP contribution is -2.22. The number of aromatic carboxylic acids is 1. The molecule has 0 atom stereocenters. The Bertz CT molecular complexity index is 569. The average molecular weight is 340 g/mol. The fraction of sp³-hybridized carbons (Fsp3) is 0.214. The first kappa shape index (κ1) is 14.1. The van der Waals surface area contributed by atoms with Gasteiger partial charge in [0.15, 0.2) is 0 Å². The van der Waals surface area contributed by atoms with Gasteiger partial charge in [0.25, 0.3) is 0 Å². The minimum Gasteiger partial charge on any atom is -0.478 e. The molecule has 0 amide bonds. The number of carboxylic acids is 1. The van der Waals surface area contributed by atoms with Crippen molar-refractivity contribution in [3.05, 3.63) is 50.6 Å². The van der Waals surface area contributed by atoms with Gasteiger partial charge in [-0.05, 0) is 36.1 Å². The van der Waals surface area contributed by atoms with E-state index in [1.807, 2.05) is 30.1 Å². The van der Waals surface area contributed by atoms with Gasteiger partial charge in [0.2, 0.25) is 0 Å². The van der Waals surface area contributed by atoms with Crippen molar-refractivity contribution in [3.63, 3.8) is 0 Å². The number of carbonyl (C=O) groups is 1. The molecule has 100 valence electrons. The van der Waals surface area contributed by atoms with Crippen molar-refractivity contribution in [2.75, 3.05) is 18.5 Å². The van der Waals surface area contributed by atoms with Gasteiger partial charge in [0.05, 0.1) is 11.3 Å². The van der Waals surface area contributed by atoms with Gasteiger partial charge in [0.1, 0.15) is 0 Å². The Morgan fingerprint density at radius 1 is 1.42 bits per heavy atom. The molecule has 0 radical (unpaired) electrons. The lowest BCUT2D eigenvalue weighted by molar-refractivity contribution is 0.0697. The maximum Gasteiger partial charge on any atom is 0.337 e. The van der Waals surface area contributed by atoms with Gasteiger partial charge >= 0.3 is 5.97 Å². The van der Waals surface area contributed by atoms with Gasteiger partial charge in [-0.25, -0.2) is 4.79 Å². The number of thiophene rings is 1. The molecule has 0 saturated carbocycles. The molecular formula is C14H14BrNO2S. The molecule has 1 N–H and O–H groups in total. The van der Waals surface area contributed by atoms with Gasteiger partial charge in [-0.1, -0.05) is 22.0 Å². The lowest BCUT2D eigenvalue weighted by Gasteiger charge is -2.21. The smallest absolute Gasteiger partial charge is 0.337 e. The highest BCUT2D eigenvalue weighted by Gasteiger charge is 2.14. The summed E-state index contributed by atoms with van der Waals surface area (Å²) in [6.45, 7) is 0.794. The van der Waals surface area contributed by atoms with Crippen LogP contribution in [0.2, 0.25) is 0 Å². The molecule has 1 aromatic heterocycles. The first-order chi connectivity index (χ1) is 9.08. The molecule has 0 aliphatic rings. The van der Waals surface area contributed by atoms with Crippen molar-refractivity contribution in [1.29, 1.82) is 0 Å². The van der Waals surface area contributed by atoms with Crippen LogP contribution >= 0.6 is 27.3 Å². The monoisotopic (exact) mass is 339 g/mol. The zero-order chi connectivity index (χ0) is 13.8. The molecule has 19 heavy (non-hydrogen) atoms. The highest BCUT2D eigenvalue weighted by molar-refractivity contribution is 9.10. The number of rotatable bonds is 5. The third-order valence-electron chi connectivity index (χ3n) is 2.87. The number of hydrogen-bond acceptors (Lipinski definition) is 3. The number of nitrogens with zero attached hydrogens (tertiary/aromatic N) is 1. The van der Waals surface area contributed by atoms with Crippen molar-refractivity contribution in [1.82, 2.24) is 0 Å². The minimum atomic E-state index is -0.903. The Kier molecular flexibility index (Phi) is 4.61. The molecule has 0 saturated heterocycles. The maximum absolute atomic E-state index is 11.3. The van der Waals surface area contributed by atoms with E-state index < -0.39 is 5.97 Å². The Labute approximate surface area is 124 Å². The Morgan fingerprint density at radius 3 is 2.84 bits per heavy atom. The highest BCUT2D eigenvalue weighted by Crippen LogP contribution is 2.24. The summed E-state index contributed by atoms with van der Waals surface area (Å²) in [7, 11) is 1.92. The standard InChI is InChI=1S/C14H14BrNO2S/c1-16(7-6-11-3-2-8-19-11)13-5-4-10(15)9-12(13)14(17)18/h2-5,8-9H,6-7H2,1H3,(H,17,18). The first-order valence-corrected chi connectivity index (χ1v) is 7.51. The molecule has 0 aliphatic heterocycles. The predicted molar refractivity (Wildman–Crippen MR) is 82.4 cm³/mol. The lowest BCUT2D eigenvalue weighted by atomic mass is 10.1. The molecular weight excluding hydrogens is 326 g/mol. The summed E-state index contributed by atoms with van der Waals surface area (Å²) in [6, 6.07) is 9.46. The van der Waals surface area contributed by atoms with E-state index in [9.17, 15) is 9.90 Å². The fourth-order valence-corrected chi connectivity index (χ4v) is 2.92. The van der Waals surface area contributed by atoms with Gasteiger partial charge in [-0.2, -0.15) is 0 Å². The van der Waals surface area contributed by atoms with Gasteiger partial charge in [0, 0.05) is 22.9 Å². The summed E-state index contributed by atoms with van der Waals surface area (Å²) in [5.41, 5.74) is 1.07. The Balaban J connectivity index is 2.14. The van der Waals surface area contributed by atoms with E-state index >= 15 is 0 Å². The molecule has 0 bridgehead atoms. The molecule has 1 heterocycles. The number of likely N-dealkylation sites (N-methyl/N-ethyl adjacent to an activating group) is 1. The highest BCUT2D eigenvalue weighted by atomic mass is 79.9. The molecule has 1 aromatic carbocycles. The van der Waals surface area contributed by atoms with Crippen LogP contribution in [0.25, 0.3) is 0 Å². The second-order valence-electron chi connectivity index (χ2n) is 4.22. The van der Waals surface area contributed by atoms with Crippen molar-refractivity contribution >= 4 is 38.9 Å². The molecule has 0 spiro atoms. The molecule has 0 fully saturated rings. The summed E-state index contributed by atoms with van der Waals surface area (Å²) in [5.74, 6) is -0.903. The summed E-state index contributed by atoms with van der Waals surface area (Å²) in [6.07, 6.45) is 0.920. The van der Waals surface area contributed by atoms with E-state index in [1.54, 1.807) is 17.4 Å². The number of anilines is 1. The second kappa shape index (κ2) is 6.21. The van der Waals surface area contributed by atoms with Crippen LogP contribution in [-0.2, 0) is 6.42 Å². The van der Waals surface area contributed by atoms with Crippen LogP contribution in [0.4, 0.5) is 5.69 Å². The maximum atomic E-state index is 11.3.